The molecule has 1 saturated carbocycles. The highest BCUT2D eigenvalue weighted by molar-refractivity contribution is 7.00. The highest BCUT2D eigenvalue weighted by Gasteiger charge is 2.61. The Morgan fingerprint density at radius 3 is 2.26 bits per heavy atom. The summed E-state index contributed by atoms with van der Waals surface area (Å²) in [5, 5.41) is 0. The van der Waals surface area contributed by atoms with Crippen LogP contribution in [0.4, 0.5) is 28.4 Å². The molecule has 0 spiro atoms. The molecule has 4 aliphatic rings. The minimum atomic E-state index is 0.0813. The van der Waals surface area contributed by atoms with E-state index in [0.717, 1.165) is 0 Å². The lowest BCUT2D eigenvalue weighted by atomic mass is 9.33. The Kier molecular flexibility index (Phi) is 4.35. The van der Waals surface area contributed by atoms with Crippen molar-refractivity contribution in [1.82, 2.24) is 0 Å². The number of hydrogen-bond acceptors (Lipinski definition) is 2. The summed E-state index contributed by atoms with van der Waals surface area (Å²) in [5.74, 6) is 0. The summed E-state index contributed by atoms with van der Waals surface area (Å²) in [6, 6.07) is 28.3. The maximum atomic E-state index is 2.81. The largest absolute Gasteiger partial charge is 0.335 e. The van der Waals surface area contributed by atoms with E-state index in [4.69, 9.17) is 0 Å². The van der Waals surface area contributed by atoms with Crippen LogP contribution in [0, 0.1) is 20.8 Å². The maximum absolute atomic E-state index is 2.81. The second-order valence-electron chi connectivity index (χ2n) is 12.8. The van der Waals surface area contributed by atoms with Crippen LogP contribution in [0.15, 0.2) is 72.8 Å². The number of para-hydroxylation sites is 1. The third-order valence-electron chi connectivity index (χ3n) is 10.5. The average Bonchev–Trinajstić information content (AvgIpc) is 3.11. The van der Waals surface area contributed by atoms with Gasteiger partial charge in [-0.2, -0.15) is 0 Å². The second-order valence-corrected chi connectivity index (χ2v) is 12.8. The molecule has 0 saturated heterocycles. The van der Waals surface area contributed by atoms with Gasteiger partial charge in [-0.25, -0.2) is 0 Å². The Hall–Kier alpha value is -3.46. The van der Waals surface area contributed by atoms with E-state index in [0.29, 0.717) is 0 Å². The molecular weight excluding hydrogens is 459 g/mol. The van der Waals surface area contributed by atoms with Crippen LogP contribution in [-0.2, 0) is 5.41 Å². The van der Waals surface area contributed by atoms with Crippen molar-refractivity contribution in [3.8, 4) is 0 Å². The van der Waals surface area contributed by atoms with Crippen molar-refractivity contribution >= 4 is 51.5 Å². The minimum Gasteiger partial charge on any atom is -0.335 e. The molecular formula is C35H35BN2. The van der Waals surface area contributed by atoms with E-state index in [9.17, 15) is 0 Å². The van der Waals surface area contributed by atoms with Gasteiger partial charge in [0.05, 0.1) is 5.54 Å². The van der Waals surface area contributed by atoms with Crippen molar-refractivity contribution in [2.24, 2.45) is 0 Å². The number of nitrogens with zero attached hydrogens (tertiary/aromatic N) is 2. The van der Waals surface area contributed by atoms with Gasteiger partial charge in [-0.1, -0.05) is 62.2 Å². The second kappa shape index (κ2) is 7.35. The zero-order valence-electron chi connectivity index (χ0n) is 23.2. The van der Waals surface area contributed by atoms with Crippen molar-refractivity contribution in [2.75, 3.05) is 9.80 Å². The first-order valence-electron chi connectivity index (χ1n) is 14.4. The van der Waals surface area contributed by atoms with E-state index in [1.165, 1.54) is 87.2 Å². The quantitative estimate of drug-likeness (QED) is 0.232. The van der Waals surface area contributed by atoms with Gasteiger partial charge in [0.25, 0.3) is 6.71 Å². The molecule has 188 valence electrons. The first kappa shape index (κ1) is 22.5. The fraction of sp³-hybridized carbons (Fsp3) is 0.314. The summed E-state index contributed by atoms with van der Waals surface area (Å²) in [5.41, 5.74) is 17.0. The van der Waals surface area contributed by atoms with Gasteiger partial charge >= 0.3 is 0 Å². The first-order valence-corrected chi connectivity index (χ1v) is 14.4. The topological polar surface area (TPSA) is 6.48 Å². The third kappa shape index (κ3) is 2.60. The van der Waals surface area contributed by atoms with Crippen LogP contribution in [0.5, 0.6) is 0 Å². The van der Waals surface area contributed by atoms with Crippen molar-refractivity contribution in [3.05, 3.63) is 95.1 Å². The fourth-order valence-corrected chi connectivity index (χ4v) is 8.57. The molecule has 2 nitrogen and oxygen atoms in total. The van der Waals surface area contributed by atoms with Crippen molar-refractivity contribution in [3.63, 3.8) is 0 Å². The van der Waals surface area contributed by atoms with Crippen molar-refractivity contribution < 1.29 is 0 Å². The maximum Gasteiger partial charge on any atom is 0.252 e. The van der Waals surface area contributed by atoms with Gasteiger partial charge in [0.1, 0.15) is 0 Å². The van der Waals surface area contributed by atoms with Gasteiger partial charge in [-0.05, 0) is 110 Å². The number of fused-ring (bicyclic) bond motifs is 7. The Bertz CT molecular complexity index is 1670. The Labute approximate surface area is 227 Å². The lowest BCUT2D eigenvalue weighted by Crippen LogP contribution is -2.64. The molecule has 1 fully saturated rings. The molecule has 0 N–H and O–H groups in total. The molecule has 2 atom stereocenters. The van der Waals surface area contributed by atoms with Gasteiger partial charge in [0.2, 0.25) is 0 Å². The summed E-state index contributed by atoms with van der Waals surface area (Å²) >= 11 is 0. The standard InChI is InChI=1S/C35H35BN2/c1-22-10-8-11-25(18-22)37-29-19-23(2)14-15-27(29)36-28-13-9-12-26-33(28)38(31-21-24(3)20-30(37)32(31)36)35(5)17-7-6-16-34(26,35)4/h8-15,18-21H,6-7,16-17H2,1-5H3. The number of benzene rings is 4. The molecule has 38 heavy (non-hydrogen) atoms. The Balaban J connectivity index is 1.51. The lowest BCUT2D eigenvalue weighted by molar-refractivity contribution is 0.195. The average molecular weight is 494 g/mol. The van der Waals surface area contributed by atoms with Gasteiger partial charge < -0.3 is 9.80 Å². The summed E-state index contributed by atoms with van der Waals surface area (Å²) in [6.45, 7) is 12.1. The SMILES string of the molecule is Cc1cccc(N2c3cc(C)ccc3B3c4cccc5c4N(c4cc(C)cc2c43)C2(C)CCCCC52C)c1. The molecule has 4 aromatic carbocycles. The van der Waals surface area contributed by atoms with Crippen LogP contribution in [0.2, 0.25) is 0 Å². The summed E-state index contributed by atoms with van der Waals surface area (Å²) < 4.78 is 0. The van der Waals surface area contributed by atoms with Gasteiger partial charge in [0, 0.05) is 33.9 Å². The summed E-state index contributed by atoms with van der Waals surface area (Å²) in [4.78, 5) is 5.36. The van der Waals surface area contributed by atoms with E-state index >= 15 is 0 Å². The summed E-state index contributed by atoms with van der Waals surface area (Å²) in [7, 11) is 0. The zero-order chi connectivity index (χ0) is 26.0. The van der Waals surface area contributed by atoms with E-state index in [-0.39, 0.29) is 17.7 Å². The zero-order valence-corrected chi connectivity index (χ0v) is 23.2. The molecule has 1 aliphatic carbocycles. The van der Waals surface area contributed by atoms with Crippen LogP contribution in [-0.4, -0.2) is 12.3 Å². The van der Waals surface area contributed by atoms with Crippen LogP contribution in [0.1, 0.15) is 61.8 Å². The number of rotatable bonds is 1. The third-order valence-corrected chi connectivity index (χ3v) is 10.5. The fourth-order valence-electron chi connectivity index (χ4n) is 8.57. The molecule has 3 heteroatoms. The predicted molar refractivity (Wildman–Crippen MR) is 163 cm³/mol. The van der Waals surface area contributed by atoms with Crippen LogP contribution in [0.3, 0.4) is 0 Å². The molecule has 3 aliphatic heterocycles. The van der Waals surface area contributed by atoms with Crippen LogP contribution >= 0.6 is 0 Å². The van der Waals surface area contributed by atoms with Gasteiger partial charge in [0.15, 0.2) is 0 Å². The van der Waals surface area contributed by atoms with E-state index in [1.807, 2.05) is 0 Å². The lowest BCUT2D eigenvalue weighted by Gasteiger charge is -2.52. The molecule has 3 heterocycles. The number of hydrogen-bond donors (Lipinski definition) is 0. The number of anilines is 5. The van der Waals surface area contributed by atoms with Crippen molar-refractivity contribution in [1.29, 1.82) is 0 Å². The van der Waals surface area contributed by atoms with Crippen molar-refractivity contribution in [2.45, 2.75) is 71.3 Å². The molecule has 8 rings (SSSR count). The molecule has 0 bridgehead atoms. The summed E-state index contributed by atoms with van der Waals surface area (Å²) in [6.07, 6.45) is 5.13. The van der Waals surface area contributed by atoms with E-state index < -0.39 is 0 Å². The van der Waals surface area contributed by atoms with Crippen LogP contribution in [0.25, 0.3) is 0 Å². The molecule has 0 aromatic heterocycles. The van der Waals surface area contributed by atoms with E-state index in [2.05, 4.69) is 117 Å². The monoisotopic (exact) mass is 494 g/mol. The smallest absolute Gasteiger partial charge is 0.252 e. The molecule has 0 radical (unpaired) electrons. The predicted octanol–water partition coefficient (Wildman–Crippen LogP) is 6.97. The Morgan fingerprint density at radius 1 is 0.684 bits per heavy atom. The highest BCUT2D eigenvalue weighted by atomic mass is 15.3. The highest BCUT2D eigenvalue weighted by Crippen LogP contribution is 2.61. The van der Waals surface area contributed by atoms with Gasteiger partial charge in [-0.3, -0.25) is 0 Å². The first-order chi connectivity index (χ1) is 18.3. The normalized spacial score (nSPS) is 24.1. The van der Waals surface area contributed by atoms with Gasteiger partial charge in [-0.15, -0.1) is 0 Å². The molecule has 0 amide bonds. The minimum absolute atomic E-state index is 0.0813. The van der Waals surface area contributed by atoms with E-state index in [1.54, 1.807) is 5.56 Å². The van der Waals surface area contributed by atoms with Crippen LogP contribution < -0.4 is 26.2 Å². The Morgan fingerprint density at radius 2 is 1.42 bits per heavy atom. The molecule has 2 unspecified atom stereocenters. The number of aryl methyl sites for hydroxylation is 3. The molecule has 4 aromatic rings.